The lowest BCUT2D eigenvalue weighted by Crippen LogP contribution is -2.22. The van der Waals surface area contributed by atoms with Crippen LogP contribution in [-0.4, -0.2) is 21.8 Å². The standard InChI is InChI=1S/C21H18ClN3O5S/c1-3-14-4-6-16(7-5-14)24(13(2)26)21-23-15(12-31-21)11-30-20(27)18-10-17(25(28)29)8-9-19(18)22/h4-10,12H,3,11H2,1-2H3. The Hall–Kier alpha value is -3.30. The van der Waals surface area contributed by atoms with Crippen LogP contribution in [0.1, 0.15) is 35.5 Å². The van der Waals surface area contributed by atoms with Crippen LogP contribution in [0.25, 0.3) is 0 Å². The first-order chi connectivity index (χ1) is 14.8. The molecular weight excluding hydrogens is 442 g/mol. The van der Waals surface area contributed by atoms with E-state index in [4.69, 9.17) is 16.3 Å². The smallest absolute Gasteiger partial charge is 0.340 e. The average Bonchev–Trinajstić information content (AvgIpc) is 3.21. The maximum Gasteiger partial charge on any atom is 0.340 e. The van der Waals surface area contributed by atoms with Crippen LogP contribution in [0.2, 0.25) is 5.02 Å². The van der Waals surface area contributed by atoms with Crippen LogP contribution in [0, 0.1) is 10.1 Å². The van der Waals surface area contributed by atoms with Gasteiger partial charge in [0.1, 0.15) is 6.61 Å². The van der Waals surface area contributed by atoms with Gasteiger partial charge in [-0.1, -0.05) is 30.7 Å². The highest BCUT2D eigenvalue weighted by molar-refractivity contribution is 7.14. The fourth-order valence-electron chi connectivity index (χ4n) is 2.77. The lowest BCUT2D eigenvalue weighted by molar-refractivity contribution is -0.384. The van der Waals surface area contributed by atoms with Crippen LogP contribution in [0.3, 0.4) is 0 Å². The van der Waals surface area contributed by atoms with Crippen LogP contribution in [0.5, 0.6) is 0 Å². The number of thiazole rings is 1. The van der Waals surface area contributed by atoms with Crippen molar-refractivity contribution in [3.8, 4) is 0 Å². The molecule has 2 aromatic carbocycles. The molecule has 1 heterocycles. The second-order valence-electron chi connectivity index (χ2n) is 6.49. The van der Waals surface area contributed by atoms with E-state index < -0.39 is 10.9 Å². The summed E-state index contributed by atoms with van der Waals surface area (Å²) in [7, 11) is 0. The van der Waals surface area contributed by atoms with Crippen molar-refractivity contribution in [2.24, 2.45) is 0 Å². The van der Waals surface area contributed by atoms with E-state index in [1.807, 2.05) is 31.2 Å². The number of amides is 1. The predicted octanol–water partition coefficient (Wildman–Crippen LogP) is 5.31. The third kappa shape index (κ3) is 5.25. The first-order valence-electron chi connectivity index (χ1n) is 9.25. The third-order valence-electron chi connectivity index (χ3n) is 4.38. The minimum atomic E-state index is -0.804. The molecule has 0 unspecified atom stereocenters. The van der Waals surface area contributed by atoms with Gasteiger partial charge in [-0.05, 0) is 30.2 Å². The summed E-state index contributed by atoms with van der Waals surface area (Å²) in [4.78, 5) is 40.7. The summed E-state index contributed by atoms with van der Waals surface area (Å²) in [5, 5.41) is 13.1. The Labute approximate surface area is 187 Å². The van der Waals surface area contributed by atoms with E-state index >= 15 is 0 Å². The number of benzene rings is 2. The summed E-state index contributed by atoms with van der Waals surface area (Å²) in [6, 6.07) is 11.1. The minimum absolute atomic E-state index is 0.0489. The summed E-state index contributed by atoms with van der Waals surface area (Å²) in [6.07, 6.45) is 0.891. The number of esters is 1. The summed E-state index contributed by atoms with van der Waals surface area (Å²) < 4.78 is 5.21. The summed E-state index contributed by atoms with van der Waals surface area (Å²) in [6.45, 7) is 3.32. The van der Waals surface area contributed by atoms with Gasteiger partial charge in [-0.25, -0.2) is 9.78 Å². The Balaban J connectivity index is 1.74. The number of aromatic nitrogens is 1. The molecule has 0 saturated heterocycles. The molecule has 0 radical (unpaired) electrons. The van der Waals surface area contributed by atoms with Crippen molar-refractivity contribution in [3.05, 3.63) is 79.8 Å². The molecule has 31 heavy (non-hydrogen) atoms. The molecule has 0 N–H and O–H groups in total. The molecule has 3 rings (SSSR count). The van der Waals surface area contributed by atoms with Gasteiger partial charge in [0.05, 0.1) is 26.9 Å². The number of carbonyl (C=O) groups excluding carboxylic acids is 2. The normalized spacial score (nSPS) is 10.5. The quantitative estimate of drug-likeness (QED) is 0.269. The fraction of sp³-hybridized carbons (Fsp3) is 0.190. The monoisotopic (exact) mass is 459 g/mol. The second-order valence-corrected chi connectivity index (χ2v) is 7.74. The van der Waals surface area contributed by atoms with Crippen molar-refractivity contribution >= 4 is 51.3 Å². The average molecular weight is 460 g/mol. The van der Waals surface area contributed by atoms with Crippen molar-refractivity contribution in [1.29, 1.82) is 0 Å². The highest BCUT2D eigenvalue weighted by Gasteiger charge is 2.20. The van der Waals surface area contributed by atoms with Crippen molar-refractivity contribution in [1.82, 2.24) is 4.98 Å². The maximum atomic E-state index is 12.3. The molecule has 0 aliphatic heterocycles. The van der Waals surface area contributed by atoms with Crippen LogP contribution in [0.15, 0.2) is 47.8 Å². The van der Waals surface area contributed by atoms with E-state index in [1.165, 1.54) is 35.3 Å². The van der Waals surface area contributed by atoms with Gasteiger partial charge in [-0.15, -0.1) is 11.3 Å². The number of halogens is 1. The van der Waals surface area contributed by atoms with Crippen LogP contribution < -0.4 is 4.90 Å². The lowest BCUT2D eigenvalue weighted by atomic mass is 10.1. The van der Waals surface area contributed by atoms with Crippen molar-refractivity contribution in [2.75, 3.05) is 4.90 Å². The number of anilines is 2. The number of non-ortho nitro benzene ring substituents is 1. The Bertz CT molecular complexity index is 1130. The number of nitrogens with zero attached hydrogens (tertiary/aromatic N) is 3. The number of ether oxygens (including phenoxy) is 1. The number of hydrogen-bond acceptors (Lipinski definition) is 7. The second kappa shape index (κ2) is 9.67. The van der Waals surface area contributed by atoms with E-state index in [-0.39, 0.29) is 28.8 Å². The topological polar surface area (TPSA) is 103 Å². The summed E-state index contributed by atoms with van der Waals surface area (Å²) in [5.74, 6) is -1.01. The summed E-state index contributed by atoms with van der Waals surface area (Å²) >= 11 is 7.20. The molecule has 0 fully saturated rings. The largest absolute Gasteiger partial charge is 0.456 e. The number of hydrogen-bond donors (Lipinski definition) is 0. The molecule has 1 amide bonds. The van der Waals surface area contributed by atoms with Gasteiger partial charge in [-0.3, -0.25) is 19.8 Å². The number of rotatable bonds is 7. The molecule has 8 nitrogen and oxygen atoms in total. The van der Waals surface area contributed by atoms with Gasteiger partial charge in [0.15, 0.2) is 5.13 Å². The molecule has 0 aliphatic carbocycles. The molecule has 0 aliphatic rings. The zero-order chi connectivity index (χ0) is 22.5. The van der Waals surface area contributed by atoms with Crippen molar-refractivity contribution < 1.29 is 19.2 Å². The first-order valence-corrected chi connectivity index (χ1v) is 10.5. The Morgan fingerprint density at radius 1 is 1.23 bits per heavy atom. The number of aryl methyl sites for hydroxylation is 1. The first kappa shape index (κ1) is 22.4. The predicted molar refractivity (Wildman–Crippen MR) is 118 cm³/mol. The highest BCUT2D eigenvalue weighted by Crippen LogP contribution is 2.30. The Morgan fingerprint density at radius 3 is 2.55 bits per heavy atom. The van der Waals surface area contributed by atoms with E-state index in [0.29, 0.717) is 16.5 Å². The Kier molecular flexibility index (Phi) is 6.98. The highest BCUT2D eigenvalue weighted by atomic mass is 35.5. The van der Waals surface area contributed by atoms with Gasteiger partial charge in [-0.2, -0.15) is 0 Å². The zero-order valence-corrected chi connectivity index (χ0v) is 18.3. The van der Waals surface area contributed by atoms with E-state index in [1.54, 1.807) is 5.38 Å². The molecule has 0 bridgehead atoms. The molecule has 0 saturated carbocycles. The van der Waals surface area contributed by atoms with Crippen LogP contribution in [0.4, 0.5) is 16.5 Å². The lowest BCUT2D eigenvalue weighted by Gasteiger charge is -2.18. The van der Waals surface area contributed by atoms with Crippen molar-refractivity contribution in [2.45, 2.75) is 26.9 Å². The minimum Gasteiger partial charge on any atom is -0.456 e. The fourth-order valence-corrected chi connectivity index (χ4v) is 3.84. The number of nitro benzene ring substituents is 1. The molecule has 0 atom stereocenters. The van der Waals surface area contributed by atoms with Gasteiger partial charge in [0.2, 0.25) is 5.91 Å². The molecule has 10 heteroatoms. The van der Waals surface area contributed by atoms with E-state index in [2.05, 4.69) is 4.98 Å². The molecule has 3 aromatic rings. The maximum absolute atomic E-state index is 12.3. The van der Waals surface area contributed by atoms with Gasteiger partial charge in [0, 0.05) is 24.4 Å². The van der Waals surface area contributed by atoms with Crippen LogP contribution in [-0.2, 0) is 22.6 Å². The summed E-state index contributed by atoms with van der Waals surface area (Å²) in [5.41, 5.74) is 1.90. The molecule has 160 valence electrons. The van der Waals surface area contributed by atoms with Crippen LogP contribution >= 0.6 is 22.9 Å². The van der Waals surface area contributed by atoms with E-state index in [0.717, 1.165) is 18.1 Å². The van der Waals surface area contributed by atoms with E-state index in [9.17, 15) is 19.7 Å². The van der Waals surface area contributed by atoms with Crippen molar-refractivity contribution in [3.63, 3.8) is 0 Å². The van der Waals surface area contributed by atoms with Gasteiger partial charge >= 0.3 is 5.97 Å². The zero-order valence-electron chi connectivity index (χ0n) is 16.7. The SMILES string of the molecule is CCc1ccc(N(C(C)=O)c2nc(COC(=O)c3cc([N+](=O)[O-])ccc3Cl)cs2)cc1. The number of nitro groups is 1. The van der Waals surface area contributed by atoms with Gasteiger partial charge < -0.3 is 4.74 Å². The van der Waals surface area contributed by atoms with Gasteiger partial charge in [0.25, 0.3) is 5.69 Å². The molecular formula is C21H18ClN3O5S. The Morgan fingerprint density at radius 2 is 1.94 bits per heavy atom. The third-order valence-corrected chi connectivity index (χ3v) is 5.58. The molecule has 1 aromatic heterocycles. The number of carbonyl (C=O) groups is 2. The molecule has 0 spiro atoms.